The number of aliphatic hydroxyl groups excluding tert-OH is 1. The number of aldehydes is 1. The topological polar surface area (TPSA) is 57.5 Å². The lowest BCUT2D eigenvalue weighted by Gasteiger charge is -2.55. The number of unbranched alkanes of at least 4 members (excludes halogenated alkanes) is 1. The summed E-state index contributed by atoms with van der Waals surface area (Å²) in [6, 6.07) is 0. The van der Waals surface area contributed by atoms with Crippen molar-refractivity contribution in [2.24, 2.45) is 23.7 Å². The summed E-state index contributed by atoms with van der Waals surface area (Å²) < 4.78 is 0. The average molecular weight is 260 g/mol. The summed E-state index contributed by atoms with van der Waals surface area (Å²) in [5.41, 5.74) is 0.332. The van der Waals surface area contributed by atoms with E-state index >= 15 is 0 Å². The predicted octanol–water partition coefficient (Wildman–Crippen LogP) is 1.29. The summed E-state index contributed by atoms with van der Waals surface area (Å²) in [5, 5.41) is 20.4. The van der Waals surface area contributed by atoms with Crippen molar-refractivity contribution in [2.45, 2.75) is 44.3 Å². The minimum Gasteiger partial charge on any atom is -0.393 e. The molecule has 2 N–H and O–H groups in total. The number of fused-ring (bicyclic) bond motifs is 1. The predicted molar refractivity (Wildman–Crippen MR) is 71.0 cm³/mol. The first kappa shape index (κ1) is 12.9. The second-order valence-electron chi connectivity index (χ2n) is 6.11. The lowest BCUT2D eigenvalue weighted by atomic mass is 9.49. The lowest BCUT2D eigenvalue weighted by molar-refractivity contribution is -0.107. The molecule has 0 heterocycles. The van der Waals surface area contributed by atoms with Crippen LogP contribution in [0.4, 0.5) is 0 Å². The maximum absolute atomic E-state index is 10.4. The Morgan fingerprint density at radius 3 is 2.74 bits per heavy atom. The van der Waals surface area contributed by atoms with Crippen LogP contribution in [0.5, 0.6) is 0 Å². The quantitative estimate of drug-likeness (QED) is 0.347. The highest BCUT2D eigenvalue weighted by Crippen LogP contribution is 2.58. The third-order valence-corrected chi connectivity index (χ3v) is 5.13. The van der Waals surface area contributed by atoms with Crippen molar-refractivity contribution in [3.8, 4) is 11.8 Å². The monoisotopic (exact) mass is 260 g/mol. The second-order valence-corrected chi connectivity index (χ2v) is 6.11. The van der Waals surface area contributed by atoms with Crippen molar-refractivity contribution >= 4 is 6.29 Å². The number of hydrogen-bond donors (Lipinski definition) is 2. The third kappa shape index (κ3) is 1.94. The van der Waals surface area contributed by atoms with Crippen molar-refractivity contribution in [3.63, 3.8) is 0 Å². The molecule has 0 aromatic heterocycles. The number of allylic oxidation sites excluding steroid dienone is 2. The minimum absolute atomic E-state index is 0.149. The molecule has 0 aliphatic heterocycles. The molecule has 0 amide bonds. The minimum atomic E-state index is -1.08. The summed E-state index contributed by atoms with van der Waals surface area (Å²) in [6.45, 7) is 2.16. The molecule has 0 saturated heterocycles. The summed E-state index contributed by atoms with van der Waals surface area (Å²) in [7, 11) is 0. The van der Waals surface area contributed by atoms with Crippen LogP contribution in [0.3, 0.4) is 0 Å². The summed E-state index contributed by atoms with van der Waals surface area (Å²) >= 11 is 0. The Morgan fingerprint density at radius 1 is 1.37 bits per heavy atom. The molecule has 0 aromatic carbocycles. The molecule has 5 atom stereocenters. The lowest BCUT2D eigenvalue weighted by Crippen LogP contribution is -2.56. The van der Waals surface area contributed by atoms with Gasteiger partial charge < -0.3 is 15.0 Å². The zero-order valence-corrected chi connectivity index (χ0v) is 11.2. The normalized spacial score (nSPS) is 43.7. The van der Waals surface area contributed by atoms with E-state index in [4.69, 9.17) is 0 Å². The molecule has 3 nitrogen and oxygen atoms in total. The van der Waals surface area contributed by atoms with Crippen LogP contribution < -0.4 is 0 Å². The van der Waals surface area contributed by atoms with Crippen molar-refractivity contribution in [2.75, 3.05) is 0 Å². The number of carbonyl (C=O) groups is 1. The van der Waals surface area contributed by atoms with Gasteiger partial charge in [-0.05, 0) is 37.0 Å². The van der Waals surface area contributed by atoms with Crippen LogP contribution in [0.1, 0.15) is 32.6 Å². The van der Waals surface area contributed by atoms with Crippen molar-refractivity contribution < 1.29 is 15.0 Å². The molecule has 0 radical (unpaired) electrons. The first-order valence-corrected chi connectivity index (χ1v) is 7.17. The number of hydrogen-bond acceptors (Lipinski definition) is 3. The molecule has 0 bridgehead atoms. The molecule has 0 spiro atoms. The van der Waals surface area contributed by atoms with Gasteiger partial charge in [0.2, 0.25) is 0 Å². The molecule has 102 valence electrons. The zero-order chi connectivity index (χ0) is 13.6. The summed E-state index contributed by atoms with van der Waals surface area (Å²) in [4.78, 5) is 10.4. The van der Waals surface area contributed by atoms with Gasteiger partial charge in [0, 0.05) is 12.3 Å². The van der Waals surface area contributed by atoms with Gasteiger partial charge in [0.15, 0.2) is 5.60 Å². The van der Waals surface area contributed by atoms with Crippen LogP contribution in [0.2, 0.25) is 0 Å². The number of rotatable bonds is 4. The first-order valence-electron chi connectivity index (χ1n) is 7.17. The van der Waals surface area contributed by atoms with Gasteiger partial charge in [-0.1, -0.05) is 30.4 Å². The molecule has 3 heteroatoms. The van der Waals surface area contributed by atoms with Crippen LogP contribution >= 0.6 is 0 Å². The maximum atomic E-state index is 10.4. The standard InChI is InChI=1S/C16H20O3/c1-10-11(4-2-3-9-17)12-5-6-13(18)15(14(10)12)16(19)7-8-16/h4,9-10,12-15,18-19H,2-3,5-6H2,1H3/b11-4-/t10?,12-,13-,14+,15-/m1/s1. The summed E-state index contributed by atoms with van der Waals surface area (Å²) in [6.07, 6.45) is 5.78. The van der Waals surface area contributed by atoms with Crippen LogP contribution in [-0.4, -0.2) is 28.2 Å². The van der Waals surface area contributed by atoms with Crippen molar-refractivity contribution in [1.82, 2.24) is 0 Å². The maximum Gasteiger partial charge on any atom is 0.193 e. The zero-order valence-electron chi connectivity index (χ0n) is 11.2. The molecule has 3 rings (SSSR count). The first-order chi connectivity index (χ1) is 9.08. The Labute approximate surface area is 113 Å². The van der Waals surface area contributed by atoms with Crippen LogP contribution in [0.25, 0.3) is 0 Å². The Balaban J connectivity index is 1.74. The molecule has 3 aliphatic carbocycles. The van der Waals surface area contributed by atoms with Crippen LogP contribution in [-0.2, 0) is 4.79 Å². The Hall–Kier alpha value is -1.11. The van der Waals surface area contributed by atoms with Gasteiger partial charge in [0.25, 0.3) is 0 Å². The van der Waals surface area contributed by atoms with E-state index in [9.17, 15) is 15.0 Å². The number of carbonyl (C=O) groups excluding carboxylic acids is 1. The van der Waals surface area contributed by atoms with Crippen LogP contribution in [0.15, 0.2) is 11.6 Å². The van der Waals surface area contributed by atoms with Gasteiger partial charge in [-0.2, -0.15) is 0 Å². The van der Waals surface area contributed by atoms with E-state index in [0.29, 0.717) is 24.2 Å². The molecule has 0 aromatic rings. The SMILES string of the molecule is CC1/C(=C/CCC=O)[C@H]2CC[C@@H](O)[C@@H](C3(O)C#C3)[C@@H]12. The van der Waals surface area contributed by atoms with Gasteiger partial charge in [0.1, 0.15) is 6.29 Å². The van der Waals surface area contributed by atoms with E-state index in [-0.39, 0.29) is 5.92 Å². The Kier molecular flexibility index (Phi) is 3.03. The highest BCUT2D eigenvalue weighted by molar-refractivity contribution is 5.50. The van der Waals surface area contributed by atoms with Gasteiger partial charge in [-0.25, -0.2) is 0 Å². The Morgan fingerprint density at radius 2 is 2.11 bits per heavy atom. The van der Waals surface area contributed by atoms with Gasteiger partial charge in [-0.3, -0.25) is 0 Å². The van der Waals surface area contributed by atoms with E-state index in [1.54, 1.807) is 0 Å². The molecule has 3 aliphatic rings. The largest absolute Gasteiger partial charge is 0.393 e. The fourth-order valence-corrected chi connectivity index (χ4v) is 4.16. The highest BCUT2D eigenvalue weighted by atomic mass is 16.3. The summed E-state index contributed by atoms with van der Waals surface area (Å²) in [5.74, 6) is 6.54. The van der Waals surface area contributed by atoms with E-state index in [0.717, 1.165) is 25.5 Å². The second kappa shape index (κ2) is 4.47. The molecule has 1 unspecified atom stereocenters. The fourth-order valence-electron chi connectivity index (χ4n) is 4.16. The molecular weight excluding hydrogens is 240 g/mol. The van der Waals surface area contributed by atoms with E-state index in [1.165, 1.54) is 5.57 Å². The van der Waals surface area contributed by atoms with E-state index in [1.807, 2.05) is 0 Å². The third-order valence-electron chi connectivity index (χ3n) is 5.13. The number of aliphatic hydroxyl groups is 2. The molecular formula is C16H20O3. The fraction of sp³-hybridized carbons (Fsp3) is 0.688. The Bertz CT molecular complexity index is 474. The van der Waals surface area contributed by atoms with Gasteiger partial charge >= 0.3 is 0 Å². The van der Waals surface area contributed by atoms with E-state index in [2.05, 4.69) is 24.8 Å². The highest BCUT2D eigenvalue weighted by Gasteiger charge is 2.59. The van der Waals surface area contributed by atoms with Gasteiger partial charge in [-0.15, -0.1) is 0 Å². The molecule has 19 heavy (non-hydrogen) atoms. The van der Waals surface area contributed by atoms with Crippen molar-refractivity contribution in [3.05, 3.63) is 11.6 Å². The van der Waals surface area contributed by atoms with Gasteiger partial charge in [0.05, 0.1) is 6.10 Å². The van der Waals surface area contributed by atoms with Crippen LogP contribution in [0, 0.1) is 35.5 Å². The smallest absolute Gasteiger partial charge is 0.193 e. The molecule has 2 fully saturated rings. The molecule has 2 saturated carbocycles. The average Bonchev–Trinajstić information content (AvgIpc) is 3.13. The van der Waals surface area contributed by atoms with E-state index < -0.39 is 11.7 Å². The van der Waals surface area contributed by atoms with Crippen molar-refractivity contribution in [1.29, 1.82) is 0 Å².